The summed E-state index contributed by atoms with van der Waals surface area (Å²) < 4.78 is 6.92. The highest BCUT2D eigenvalue weighted by atomic mass is 35.5. The Bertz CT molecular complexity index is 1210. The predicted molar refractivity (Wildman–Crippen MR) is 125 cm³/mol. The summed E-state index contributed by atoms with van der Waals surface area (Å²) in [5.74, 6) is -1.05. The second-order valence-corrected chi connectivity index (χ2v) is 9.04. The minimum Gasteiger partial charge on any atom is -0.479 e. The number of fused-ring (bicyclic) bond motifs is 1. The highest BCUT2D eigenvalue weighted by Gasteiger charge is 2.49. The number of carboxylic acids is 1. The monoisotopic (exact) mass is 507 g/mol. The molecule has 1 aliphatic rings. The Kier molecular flexibility index (Phi) is 7.19. The molecule has 1 aromatic carbocycles. The number of nitrogens with one attached hydrogen (secondary N) is 1. The molecule has 5 atom stereocenters. The van der Waals surface area contributed by atoms with Crippen LogP contribution < -0.4 is 16.8 Å². The maximum atomic E-state index is 12.7. The van der Waals surface area contributed by atoms with E-state index in [1.165, 1.54) is 29.0 Å². The summed E-state index contributed by atoms with van der Waals surface area (Å²) in [7, 11) is 0. The molecule has 0 bridgehead atoms. The molecule has 0 spiro atoms. The van der Waals surface area contributed by atoms with E-state index >= 15 is 0 Å². The number of carbonyl (C=O) groups excluding carboxylic acids is 1. The van der Waals surface area contributed by atoms with Crippen LogP contribution in [0.2, 0.25) is 5.02 Å². The van der Waals surface area contributed by atoms with Gasteiger partial charge in [-0.25, -0.2) is 19.7 Å². The van der Waals surface area contributed by atoms with E-state index in [2.05, 4.69) is 20.3 Å². The lowest BCUT2D eigenvalue weighted by atomic mass is 10.1. The fourth-order valence-electron chi connectivity index (χ4n) is 3.59. The first-order valence-corrected chi connectivity index (χ1v) is 11.7. The number of thioether (sulfide) groups is 1. The molecule has 3 heterocycles. The topological polar surface area (TPSA) is 192 Å². The Hall–Kier alpha value is -2.97. The number of carbonyl (C=O) groups is 2. The zero-order valence-corrected chi connectivity index (χ0v) is 19.2. The van der Waals surface area contributed by atoms with Crippen molar-refractivity contribution in [3.05, 3.63) is 47.5 Å². The van der Waals surface area contributed by atoms with Crippen LogP contribution in [-0.2, 0) is 20.1 Å². The smallest absolute Gasteiger partial charge is 0.335 e. The number of benzene rings is 1. The number of hydrogen-bond donors (Lipinski definition) is 5. The number of halogens is 1. The summed E-state index contributed by atoms with van der Waals surface area (Å²) in [6.45, 7) is 0. The zero-order valence-electron chi connectivity index (χ0n) is 17.6. The Labute approximate surface area is 202 Å². The molecule has 1 fully saturated rings. The second-order valence-electron chi connectivity index (χ2n) is 7.61. The number of nitrogens with zero attached hydrogens (tertiary/aromatic N) is 4. The molecule has 1 aliphatic heterocycles. The van der Waals surface area contributed by atoms with Crippen LogP contribution in [0.25, 0.3) is 11.2 Å². The van der Waals surface area contributed by atoms with Crippen molar-refractivity contribution in [2.24, 2.45) is 5.73 Å². The van der Waals surface area contributed by atoms with E-state index in [1.54, 1.807) is 6.07 Å². The Morgan fingerprint density at radius 1 is 1.29 bits per heavy atom. The lowest BCUT2D eigenvalue weighted by Crippen LogP contribution is -2.54. The molecule has 1 saturated heterocycles. The molecule has 4 rings (SSSR count). The average molecular weight is 508 g/mol. The van der Waals surface area contributed by atoms with Crippen molar-refractivity contribution in [1.29, 1.82) is 0 Å². The van der Waals surface area contributed by atoms with Crippen LogP contribution in [0.5, 0.6) is 0 Å². The molecule has 180 valence electrons. The quantitative estimate of drug-likeness (QED) is 0.278. The van der Waals surface area contributed by atoms with E-state index in [1.807, 2.05) is 18.2 Å². The fourth-order valence-corrected chi connectivity index (χ4v) is 4.87. The third-order valence-electron chi connectivity index (χ3n) is 5.34. The standard InChI is InChI=1S/C20H22ClN7O5S/c21-10-4-2-1-3-9(10)5-34-6-11(22)18(30)27-12-14(29)19(33-15(12)20(31)32)28-8-26-13-16(23)24-7-25-17(13)28/h1-4,7-8,11-12,14-15,19,29H,5-6,22H2,(H,27,30)(H,31,32)(H2,23,24,25)/t11?,12-,14+,15-,19+/m0/s1. The summed E-state index contributed by atoms with van der Waals surface area (Å²) in [6.07, 6.45) is -1.62. The third kappa shape index (κ3) is 4.79. The van der Waals surface area contributed by atoms with Gasteiger partial charge in [0, 0.05) is 16.5 Å². The van der Waals surface area contributed by atoms with Gasteiger partial charge in [0.25, 0.3) is 0 Å². The zero-order chi connectivity index (χ0) is 24.4. The number of aliphatic hydroxyl groups is 1. The molecule has 1 amide bonds. The maximum Gasteiger partial charge on any atom is 0.335 e. The van der Waals surface area contributed by atoms with E-state index in [0.29, 0.717) is 10.8 Å². The number of aromatic nitrogens is 4. The fraction of sp³-hybridized carbons (Fsp3) is 0.350. The number of nitrogens with two attached hydrogens (primary N) is 2. The van der Waals surface area contributed by atoms with Crippen molar-refractivity contribution in [3.63, 3.8) is 0 Å². The van der Waals surface area contributed by atoms with Crippen LogP contribution in [0, 0.1) is 0 Å². The summed E-state index contributed by atoms with van der Waals surface area (Å²) in [6, 6.07) is 5.13. The Morgan fingerprint density at radius 3 is 2.79 bits per heavy atom. The number of rotatable bonds is 8. The SMILES string of the molecule is Nc1ncnc2c1ncn2[C@@H]1O[C@H](C(=O)O)[C@@H](NC(=O)C(N)CSCc2ccccc2Cl)[C@H]1O. The molecule has 14 heteroatoms. The van der Waals surface area contributed by atoms with E-state index in [9.17, 15) is 19.8 Å². The number of ether oxygens (including phenoxy) is 1. The minimum absolute atomic E-state index is 0.121. The number of aliphatic hydroxyl groups excluding tert-OH is 1. The van der Waals surface area contributed by atoms with Gasteiger partial charge in [0.05, 0.1) is 18.4 Å². The summed E-state index contributed by atoms with van der Waals surface area (Å²) in [5.41, 5.74) is 13.2. The van der Waals surface area contributed by atoms with Gasteiger partial charge in [-0.1, -0.05) is 29.8 Å². The van der Waals surface area contributed by atoms with Crippen molar-refractivity contribution >= 4 is 52.2 Å². The first kappa shape index (κ1) is 24.2. The molecule has 2 aromatic heterocycles. The molecule has 3 aromatic rings. The van der Waals surface area contributed by atoms with Crippen LogP contribution in [0.1, 0.15) is 11.8 Å². The first-order chi connectivity index (χ1) is 16.3. The molecule has 0 aliphatic carbocycles. The van der Waals surface area contributed by atoms with Crippen molar-refractivity contribution in [3.8, 4) is 0 Å². The molecule has 7 N–H and O–H groups in total. The Balaban J connectivity index is 1.43. The van der Waals surface area contributed by atoms with E-state index in [4.69, 9.17) is 27.8 Å². The van der Waals surface area contributed by atoms with Crippen molar-refractivity contribution in [2.45, 2.75) is 36.3 Å². The molecule has 12 nitrogen and oxygen atoms in total. The number of carboxylic acid groups (broad SMARTS) is 1. The number of aliphatic carboxylic acids is 1. The highest BCUT2D eigenvalue weighted by Crippen LogP contribution is 2.32. The lowest BCUT2D eigenvalue weighted by molar-refractivity contribution is -0.152. The van der Waals surface area contributed by atoms with Gasteiger partial charge in [0.1, 0.15) is 17.9 Å². The third-order valence-corrected chi connectivity index (χ3v) is 6.81. The molecular formula is C20H22ClN7O5S. The lowest BCUT2D eigenvalue weighted by Gasteiger charge is -2.22. The molecule has 1 unspecified atom stereocenters. The van der Waals surface area contributed by atoms with Crippen molar-refractivity contribution in [1.82, 2.24) is 24.8 Å². The van der Waals surface area contributed by atoms with Gasteiger partial charge in [-0.15, -0.1) is 0 Å². The van der Waals surface area contributed by atoms with Crippen LogP contribution in [0.15, 0.2) is 36.9 Å². The number of hydrogen-bond acceptors (Lipinski definition) is 10. The van der Waals surface area contributed by atoms with Gasteiger partial charge in [-0.2, -0.15) is 11.8 Å². The molecule has 34 heavy (non-hydrogen) atoms. The Morgan fingerprint density at radius 2 is 2.06 bits per heavy atom. The van der Waals surface area contributed by atoms with Crippen LogP contribution in [0.4, 0.5) is 5.82 Å². The average Bonchev–Trinajstić information content (AvgIpc) is 3.37. The second kappa shape index (κ2) is 10.1. The number of anilines is 1. The summed E-state index contributed by atoms with van der Waals surface area (Å²) in [5, 5.41) is 23.6. The van der Waals surface area contributed by atoms with Crippen molar-refractivity contribution in [2.75, 3.05) is 11.5 Å². The highest BCUT2D eigenvalue weighted by molar-refractivity contribution is 7.98. The van der Waals surface area contributed by atoms with E-state index in [0.717, 1.165) is 5.56 Å². The van der Waals surface area contributed by atoms with E-state index in [-0.39, 0.29) is 22.7 Å². The molecule has 0 saturated carbocycles. The van der Waals surface area contributed by atoms with Gasteiger partial charge in [-0.3, -0.25) is 9.36 Å². The van der Waals surface area contributed by atoms with Gasteiger partial charge >= 0.3 is 5.97 Å². The van der Waals surface area contributed by atoms with Crippen LogP contribution in [-0.4, -0.2) is 71.7 Å². The van der Waals surface area contributed by atoms with Gasteiger partial charge < -0.3 is 31.7 Å². The first-order valence-electron chi connectivity index (χ1n) is 10.1. The van der Waals surface area contributed by atoms with Crippen LogP contribution in [0.3, 0.4) is 0 Å². The molecule has 0 radical (unpaired) electrons. The van der Waals surface area contributed by atoms with Crippen LogP contribution >= 0.6 is 23.4 Å². The largest absolute Gasteiger partial charge is 0.479 e. The predicted octanol–water partition coefficient (Wildman–Crippen LogP) is 0.150. The summed E-state index contributed by atoms with van der Waals surface area (Å²) in [4.78, 5) is 36.5. The number of nitrogen functional groups attached to an aromatic ring is 1. The van der Waals surface area contributed by atoms with Gasteiger partial charge in [-0.05, 0) is 11.6 Å². The van der Waals surface area contributed by atoms with Crippen molar-refractivity contribution < 1.29 is 24.5 Å². The van der Waals surface area contributed by atoms with E-state index < -0.39 is 42.4 Å². The molecular weight excluding hydrogens is 486 g/mol. The van der Waals surface area contributed by atoms with Gasteiger partial charge in [0.15, 0.2) is 23.8 Å². The number of imidazole rings is 1. The number of amides is 1. The summed E-state index contributed by atoms with van der Waals surface area (Å²) >= 11 is 7.54. The van der Waals surface area contributed by atoms with Gasteiger partial charge in [0.2, 0.25) is 5.91 Å². The maximum absolute atomic E-state index is 12.7. The normalized spacial score (nSPS) is 23.1. The minimum atomic E-state index is -1.52.